The normalized spacial score (nSPS) is 15.6. The number of fused-ring (bicyclic) bond motifs is 3. The van der Waals surface area contributed by atoms with Crippen LogP contribution < -0.4 is 4.90 Å². The van der Waals surface area contributed by atoms with Crippen molar-refractivity contribution in [1.82, 2.24) is 4.57 Å². The molecule has 2 aromatic carbocycles. The molecule has 0 bridgehead atoms. The number of anilines is 1. The van der Waals surface area contributed by atoms with Gasteiger partial charge in [-0.3, -0.25) is 14.3 Å². The number of rotatable bonds is 3. The van der Waals surface area contributed by atoms with Crippen LogP contribution >= 0.6 is 11.6 Å². The van der Waals surface area contributed by atoms with Gasteiger partial charge in [0.15, 0.2) is 0 Å². The Balaban J connectivity index is 1.90. The number of aromatic nitrogens is 1. The molecule has 2 heterocycles. The minimum absolute atomic E-state index is 0.147. The fourth-order valence-electron chi connectivity index (χ4n) is 4.07. The van der Waals surface area contributed by atoms with E-state index in [1.54, 1.807) is 63.2 Å². The Morgan fingerprint density at radius 2 is 1.81 bits per heavy atom. The van der Waals surface area contributed by atoms with Crippen LogP contribution in [0.4, 0.5) is 10.5 Å². The number of carboxylic acid groups (broad SMARTS) is 1. The van der Waals surface area contributed by atoms with Gasteiger partial charge in [0.2, 0.25) is 0 Å². The molecule has 1 aliphatic rings. The average Bonchev–Trinajstić information content (AvgIpc) is 3.31. The highest BCUT2D eigenvalue weighted by atomic mass is 35.5. The summed E-state index contributed by atoms with van der Waals surface area (Å²) in [6, 6.07) is 13.4. The quantitative estimate of drug-likeness (QED) is 0.556. The largest absolute Gasteiger partial charge is 0.477 e. The zero-order valence-corrected chi connectivity index (χ0v) is 18.7. The molecule has 8 heteroatoms. The Morgan fingerprint density at radius 3 is 2.41 bits per heavy atom. The van der Waals surface area contributed by atoms with Crippen LogP contribution in [0.2, 0.25) is 0 Å². The number of ether oxygens (including phenoxy) is 1. The van der Waals surface area contributed by atoms with Crippen molar-refractivity contribution in [3.63, 3.8) is 0 Å². The molecular formula is C24H23ClN2O5. The van der Waals surface area contributed by atoms with Gasteiger partial charge in [-0.15, -0.1) is 11.6 Å². The van der Waals surface area contributed by atoms with Crippen molar-refractivity contribution in [1.29, 1.82) is 0 Å². The summed E-state index contributed by atoms with van der Waals surface area (Å²) in [7, 11) is 0. The molecule has 0 saturated heterocycles. The minimum Gasteiger partial charge on any atom is -0.477 e. The van der Waals surface area contributed by atoms with Crippen LogP contribution in [0.1, 0.15) is 53.1 Å². The SMILES string of the molecule is CC(C)(C)OC(=O)N1CC(CCl)c2c1ccc1c2cc(C(=O)O)n1C(=O)c1ccccc1. The Bertz CT molecular complexity index is 1230. The summed E-state index contributed by atoms with van der Waals surface area (Å²) in [5.41, 5.74) is 1.37. The van der Waals surface area contributed by atoms with E-state index in [-0.39, 0.29) is 17.5 Å². The Morgan fingerprint density at radius 1 is 1.12 bits per heavy atom. The first kappa shape index (κ1) is 21.9. The minimum atomic E-state index is -1.22. The zero-order valence-electron chi connectivity index (χ0n) is 18.0. The zero-order chi connectivity index (χ0) is 23.2. The van der Waals surface area contributed by atoms with E-state index in [0.717, 1.165) is 5.56 Å². The number of amides is 1. The molecule has 1 N–H and O–H groups in total. The second-order valence-electron chi connectivity index (χ2n) is 8.71. The van der Waals surface area contributed by atoms with Crippen LogP contribution in [-0.2, 0) is 4.74 Å². The molecule has 32 heavy (non-hydrogen) atoms. The van der Waals surface area contributed by atoms with Gasteiger partial charge in [0.05, 0.1) is 11.2 Å². The summed E-state index contributed by atoms with van der Waals surface area (Å²) in [5, 5.41) is 10.4. The number of hydrogen-bond acceptors (Lipinski definition) is 4. The highest BCUT2D eigenvalue weighted by Gasteiger charge is 2.37. The van der Waals surface area contributed by atoms with Gasteiger partial charge in [0.1, 0.15) is 11.3 Å². The van der Waals surface area contributed by atoms with Gasteiger partial charge in [0.25, 0.3) is 5.91 Å². The molecule has 1 amide bonds. The van der Waals surface area contributed by atoms with Crippen LogP contribution in [0.5, 0.6) is 0 Å². The number of carbonyl (C=O) groups excluding carboxylic acids is 2. The lowest BCUT2D eigenvalue weighted by Crippen LogP contribution is -2.36. The van der Waals surface area contributed by atoms with Gasteiger partial charge < -0.3 is 9.84 Å². The van der Waals surface area contributed by atoms with Gasteiger partial charge in [-0.25, -0.2) is 9.59 Å². The molecule has 3 aromatic rings. The van der Waals surface area contributed by atoms with E-state index >= 15 is 0 Å². The summed E-state index contributed by atoms with van der Waals surface area (Å²) in [6.45, 7) is 5.68. The Kier molecular flexibility index (Phi) is 5.46. The Labute approximate surface area is 190 Å². The number of benzene rings is 2. The van der Waals surface area contributed by atoms with Crippen molar-refractivity contribution in [3.8, 4) is 0 Å². The third kappa shape index (κ3) is 3.73. The number of aromatic carboxylic acids is 1. The summed E-state index contributed by atoms with van der Waals surface area (Å²) < 4.78 is 6.74. The van der Waals surface area contributed by atoms with Crippen molar-refractivity contribution in [2.24, 2.45) is 0 Å². The molecular weight excluding hydrogens is 432 g/mol. The molecule has 4 rings (SSSR count). The lowest BCUT2D eigenvalue weighted by atomic mass is 9.99. The third-order valence-corrected chi connectivity index (χ3v) is 5.72. The fourth-order valence-corrected chi connectivity index (χ4v) is 4.32. The number of carboxylic acids is 1. The van der Waals surface area contributed by atoms with Gasteiger partial charge in [-0.2, -0.15) is 0 Å². The van der Waals surface area contributed by atoms with Crippen molar-refractivity contribution < 1.29 is 24.2 Å². The van der Waals surface area contributed by atoms with Gasteiger partial charge in [-0.05, 0) is 56.7 Å². The molecule has 0 fully saturated rings. The highest BCUT2D eigenvalue weighted by Crippen LogP contribution is 2.43. The molecule has 166 valence electrons. The van der Waals surface area contributed by atoms with E-state index in [0.29, 0.717) is 28.7 Å². The molecule has 7 nitrogen and oxygen atoms in total. The fraction of sp³-hybridized carbons (Fsp3) is 0.292. The van der Waals surface area contributed by atoms with Crippen LogP contribution in [0.15, 0.2) is 48.5 Å². The van der Waals surface area contributed by atoms with Crippen molar-refractivity contribution in [3.05, 3.63) is 65.4 Å². The average molecular weight is 455 g/mol. The van der Waals surface area contributed by atoms with Crippen LogP contribution in [0, 0.1) is 0 Å². The number of nitrogens with zero attached hydrogens (tertiary/aromatic N) is 2. The first-order chi connectivity index (χ1) is 15.1. The molecule has 1 atom stereocenters. The topological polar surface area (TPSA) is 88.8 Å². The van der Waals surface area contributed by atoms with Crippen molar-refractivity contribution in [2.45, 2.75) is 32.3 Å². The van der Waals surface area contributed by atoms with E-state index in [4.69, 9.17) is 16.3 Å². The predicted octanol–water partition coefficient (Wildman–Crippen LogP) is 5.11. The lowest BCUT2D eigenvalue weighted by Gasteiger charge is -2.25. The van der Waals surface area contributed by atoms with E-state index < -0.39 is 23.6 Å². The van der Waals surface area contributed by atoms with E-state index in [1.165, 1.54) is 15.5 Å². The second-order valence-corrected chi connectivity index (χ2v) is 9.02. The van der Waals surface area contributed by atoms with Crippen LogP contribution in [0.25, 0.3) is 10.9 Å². The van der Waals surface area contributed by atoms with Gasteiger partial charge >= 0.3 is 12.1 Å². The molecule has 0 aliphatic carbocycles. The van der Waals surface area contributed by atoms with E-state index in [1.807, 2.05) is 0 Å². The maximum atomic E-state index is 13.2. The lowest BCUT2D eigenvalue weighted by molar-refractivity contribution is 0.0581. The maximum Gasteiger partial charge on any atom is 0.414 e. The van der Waals surface area contributed by atoms with E-state index in [2.05, 4.69) is 0 Å². The molecule has 1 unspecified atom stereocenters. The predicted molar refractivity (Wildman–Crippen MR) is 122 cm³/mol. The number of halogens is 1. The standard InChI is InChI=1S/C24H23ClN2O5/c1-24(2,3)32-23(31)26-13-15(12-25)20-16-11-19(22(29)30)27(17(16)9-10-18(20)26)21(28)14-7-5-4-6-8-14/h4-11,15H,12-13H2,1-3H3,(H,29,30). The van der Waals surface area contributed by atoms with Crippen molar-refractivity contribution in [2.75, 3.05) is 17.3 Å². The molecule has 1 aromatic heterocycles. The van der Waals surface area contributed by atoms with E-state index in [9.17, 15) is 19.5 Å². The van der Waals surface area contributed by atoms with Gasteiger partial charge in [0, 0.05) is 29.3 Å². The first-order valence-electron chi connectivity index (χ1n) is 10.2. The molecule has 0 saturated carbocycles. The van der Waals surface area contributed by atoms with Crippen molar-refractivity contribution >= 4 is 46.2 Å². The molecule has 0 radical (unpaired) electrons. The van der Waals surface area contributed by atoms with Crippen LogP contribution in [-0.4, -0.2) is 45.7 Å². The second kappa shape index (κ2) is 7.98. The highest BCUT2D eigenvalue weighted by molar-refractivity contribution is 6.19. The third-order valence-electron chi connectivity index (χ3n) is 5.35. The van der Waals surface area contributed by atoms with Gasteiger partial charge in [-0.1, -0.05) is 18.2 Å². The monoisotopic (exact) mass is 454 g/mol. The summed E-state index contributed by atoms with van der Waals surface area (Å²) in [4.78, 5) is 39.6. The Hall–Kier alpha value is -3.32. The number of alkyl halides is 1. The molecule has 1 aliphatic heterocycles. The number of hydrogen-bond donors (Lipinski definition) is 1. The summed E-state index contributed by atoms with van der Waals surface area (Å²) in [5.74, 6) is -1.66. The molecule has 0 spiro atoms. The summed E-state index contributed by atoms with van der Waals surface area (Å²) in [6.07, 6.45) is -0.496. The smallest absolute Gasteiger partial charge is 0.414 e. The summed E-state index contributed by atoms with van der Waals surface area (Å²) >= 11 is 6.24. The van der Waals surface area contributed by atoms with Crippen LogP contribution in [0.3, 0.4) is 0 Å². The maximum absolute atomic E-state index is 13.2. The number of carbonyl (C=O) groups is 3. The first-order valence-corrected chi connectivity index (χ1v) is 10.7.